The van der Waals surface area contributed by atoms with Crippen molar-refractivity contribution in [2.24, 2.45) is 0 Å². The molecule has 0 saturated carbocycles. The number of ether oxygens (including phenoxy) is 2. The number of carbonyl (C=O) groups is 1. The summed E-state index contributed by atoms with van der Waals surface area (Å²) < 4.78 is 31.5. The van der Waals surface area contributed by atoms with Crippen LogP contribution in [0.1, 0.15) is 6.42 Å². The lowest BCUT2D eigenvalue weighted by Gasteiger charge is -2.03. The second-order valence-corrected chi connectivity index (χ2v) is 4.90. The van der Waals surface area contributed by atoms with Gasteiger partial charge < -0.3 is 9.47 Å². The van der Waals surface area contributed by atoms with Gasteiger partial charge in [-0.1, -0.05) is 0 Å². The molecule has 86 valence electrons. The number of carbonyl (C=O) groups excluding carboxylic acids is 1. The van der Waals surface area contributed by atoms with Crippen molar-refractivity contribution in [3.05, 3.63) is 0 Å². The van der Waals surface area contributed by atoms with Crippen LogP contribution >= 0.6 is 0 Å². The molecule has 0 heterocycles. The van der Waals surface area contributed by atoms with E-state index in [1.807, 2.05) is 0 Å². The summed E-state index contributed by atoms with van der Waals surface area (Å²) in [5.74, 6) is -1.81. The van der Waals surface area contributed by atoms with E-state index in [4.69, 9.17) is 5.26 Å². The summed E-state index contributed by atoms with van der Waals surface area (Å²) in [5.41, 5.74) is 0. The molecule has 0 atom stereocenters. The molecule has 0 aromatic carbocycles. The molecule has 7 heteroatoms. The van der Waals surface area contributed by atoms with E-state index in [1.54, 1.807) is 6.07 Å². The lowest BCUT2D eigenvalue weighted by Crippen LogP contribution is -2.22. The number of nitrogens with zero attached hydrogens (tertiary/aromatic N) is 1. The highest BCUT2D eigenvalue weighted by atomic mass is 32.2. The predicted molar refractivity (Wildman–Crippen MR) is 51.7 cm³/mol. The average molecular weight is 235 g/mol. The summed E-state index contributed by atoms with van der Waals surface area (Å²) in [5, 5.41) is 8.19. The van der Waals surface area contributed by atoms with Gasteiger partial charge in [-0.2, -0.15) is 5.26 Å². The zero-order valence-electron chi connectivity index (χ0n) is 8.43. The van der Waals surface area contributed by atoms with Crippen LogP contribution in [0, 0.1) is 11.3 Å². The van der Waals surface area contributed by atoms with E-state index in [-0.39, 0.29) is 25.4 Å². The predicted octanol–water partition coefficient (Wildman–Crippen LogP) is -0.496. The molecule has 0 bridgehead atoms. The first-order valence-corrected chi connectivity index (χ1v) is 6.06. The Bertz CT molecular complexity index is 329. The largest absolute Gasteiger partial charge is 0.462 e. The molecule has 0 amide bonds. The minimum absolute atomic E-state index is 0.0309. The highest BCUT2D eigenvalue weighted by Crippen LogP contribution is 1.95. The Labute approximate surface area is 88.7 Å². The highest BCUT2D eigenvalue weighted by molar-refractivity contribution is 7.92. The van der Waals surface area contributed by atoms with Crippen LogP contribution < -0.4 is 0 Å². The molecule has 0 aromatic heterocycles. The van der Waals surface area contributed by atoms with Crippen LogP contribution in [0.15, 0.2) is 0 Å². The van der Waals surface area contributed by atoms with Crippen LogP contribution in [0.3, 0.4) is 0 Å². The Morgan fingerprint density at radius 2 is 2.07 bits per heavy atom. The van der Waals surface area contributed by atoms with E-state index in [2.05, 4.69) is 9.47 Å². The summed E-state index contributed by atoms with van der Waals surface area (Å²) in [6.07, 6.45) is -0.117. The second kappa shape index (κ2) is 7.20. The monoisotopic (exact) mass is 235 g/mol. The maximum atomic E-state index is 11.1. The van der Waals surface area contributed by atoms with Gasteiger partial charge in [-0.15, -0.1) is 0 Å². The molecule has 0 spiro atoms. The van der Waals surface area contributed by atoms with Crippen molar-refractivity contribution in [3.63, 3.8) is 0 Å². The summed E-state index contributed by atoms with van der Waals surface area (Å²) in [7, 11) is -2.08. The van der Waals surface area contributed by atoms with Gasteiger partial charge in [-0.25, -0.2) is 8.42 Å². The Balaban J connectivity index is 3.90. The number of methoxy groups -OCH3 is 1. The van der Waals surface area contributed by atoms with E-state index in [0.29, 0.717) is 0 Å². The zero-order chi connectivity index (χ0) is 11.7. The van der Waals surface area contributed by atoms with Gasteiger partial charge in [-0.3, -0.25) is 4.79 Å². The van der Waals surface area contributed by atoms with E-state index < -0.39 is 21.6 Å². The van der Waals surface area contributed by atoms with Crippen molar-refractivity contribution in [3.8, 4) is 6.07 Å². The van der Waals surface area contributed by atoms with Crippen molar-refractivity contribution in [2.75, 3.05) is 31.8 Å². The Kier molecular flexibility index (Phi) is 6.66. The van der Waals surface area contributed by atoms with Crippen LogP contribution in [0.4, 0.5) is 0 Å². The normalized spacial score (nSPS) is 10.7. The summed E-state index contributed by atoms with van der Waals surface area (Å²) >= 11 is 0. The number of sulfone groups is 1. The number of nitriles is 1. The first-order valence-electron chi connectivity index (χ1n) is 4.24. The van der Waals surface area contributed by atoms with E-state index in [0.717, 1.165) is 0 Å². The molecule has 0 rings (SSSR count). The van der Waals surface area contributed by atoms with Crippen LogP contribution in [0.25, 0.3) is 0 Å². The molecule has 0 aliphatic rings. The third-order valence-corrected chi connectivity index (χ3v) is 2.91. The highest BCUT2D eigenvalue weighted by Gasteiger charge is 2.17. The zero-order valence-corrected chi connectivity index (χ0v) is 9.25. The maximum absolute atomic E-state index is 11.1. The minimum atomic E-state index is -3.52. The van der Waals surface area contributed by atoms with Gasteiger partial charge in [0.2, 0.25) is 0 Å². The summed E-state index contributed by atoms with van der Waals surface area (Å²) in [4.78, 5) is 11.0. The van der Waals surface area contributed by atoms with E-state index >= 15 is 0 Å². The number of esters is 1. The summed E-state index contributed by atoms with van der Waals surface area (Å²) in [6, 6.07) is 1.70. The van der Waals surface area contributed by atoms with Crippen molar-refractivity contribution >= 4 is 15.8 Å². The van der Waals surface area contributed by atoms with Gasteiger partial charge in [0.15, 0.2) is 9.84 Å². The van der Waals surface area contributed by atoms with Gasteiger partial charge in [-0.05, 0) is 0 Å². The molecule has 0 aliphatic heterocycles. The molecule has 15 heavy (non-hydrogen) atoms. The van der Waals surface area contributed by atoms with Crippen molar-refractivity contribution in [2.45, 2.75) is 6.42 Å². The van der Waals surface area contributed by atoms with Crippen LogP contribution in [-0.2, 0) is 24.1 Å². The quantitative estimate of drug-likeness (QED) is 0.436. The molecule has 0 saturated heterocycles. The summed E-state index contributed by atoms with van der Waals surface area (Å²) in [6.45, 7) is 0.257. The smallest absolute Gasteiger partial charge is 0.321 e. The molecule has 6 nitrogen and oxygen atoms in total. The van der Waals surface area contributed by atoms with Gasteiger partial charge in [0.1, 0.15) is 12.4 Å². The average Bonchev–Trinajstić information content (AvgIpc) is 2.14. The van der Waals surface area contributed by atoms with Crippen molar-refractivity contribution < 1.29 is 22.7 Å². The topological polar surface area (TPSA) is 93.5 Å². The first-order chi connectivity index (χ1) is 7.02. The van der Waals surface area contributed by atoms with Crippen molar-refractivity contribution in [1.82, 2.24) is 0 Å². The second-order valence-electron chi connectivity index (χ2n) is 2.71. The molecule has 0 aromatic rings. The third kappa shape index (κ3) is 7.90. The van der Waals surface area contributed by atoms with Gasteiger partial charge >= 0.3 is 5.97 Å². The van der Waals surface area contributed by atoms with E-state index in [1.165, 1.54) is 7.11 Å². The van der Waals surface area contributed by atoms with Crippen LogP contribution in [0.2, 0.25) is 0 Å². The fourth-order valence-electron chi connectivity index (χ4n) is 0.733. The first kappa shape index (κ1) is 13.9. The number of hydrogen-bond donors (Lipinski definition) is 0. The lowest BCUT2D eigenvalue weighted by atomic mass is 10.6. The van der Waals surface area contributed by atoms with Crippen molar-refractivity contribution in [1.29, 1.82) is 5.26 Å². The third-order valence-electron chi connectivity index (χ3n) is 1.41. The van der Waals surface area contributed by atoms with E-state index in [9.17, 15) is 13.2 Å². The Hall–Kier alpha value is -1.13. The fraction of sp³-hybridized carbons (Fsp3) is 0.750. The lowest BCUT2D eigenvalue weighted by molar-refractivity contribution is -0.141. The molecular weight excluding hydrogens is 222 g/mol. The molecule has 0 aliphatic carbocycles. The molecule has 0 fully saturated rings. The Morgan fingerprint density at radius 3 is 2.60 bits per heavy atom. The van der Waals surface area contributed by atoms with Gasteiger partial charge in [0.25, 0.3) is 0 Å². The standard InChI is InChI=1S/C8H13NO5S/c1-13-4-5-14-8(10)7-15(11,12)6-2-3-9/h2,4-7H2,1H3. The molecular formula is C8H13NO5S. The molecule has 0 radical (unpaired) electrons. The SMILES string of the molecule is COCCOC(=O)CS(=O)(=O)CCC#N. The number of rotatable bonds is 7. The van der Waals surface area contributed by atoms with Crippen LogP contribution in [-0.4, -0.2) is 46.2 Å². The number of hydrogen-bond acceptors (Lipinski definition) is 6. The molecule has 0 unspecified atom stereocenters. The van der Waals surface area contributed by atoms with Gasteiger partial charge in [0, 0.05) is 13.5 Å². The Morgan fingerprint density at radius 1 is 1.40 bits per heavy atom. The minimum Gasteiger partial charge on any atom is -0.462 e. The fourth-order valence-corrected chi connectivity index (χ4v) is 1.72. The van der Waals surface area contributed by atoms with Crippen LogP contribution in [0.5, 0.6) is 0 Å². The maximum Gasteiger partial charge on any atom is 0.321 e. The molecule has 0 N–H and O–H groups in total. The van der Waals surface area contributed by atoms with Gasteiger partial charge in [0.05, 0.1) is 18.4 Å².